The van der Waals surface area contributed by atoms with Crippen molar-refractivity contribution >= 4 is 21.6 Å². The fourth-order valence-electron chi connectivity index (χ4n) is 1.61. The first kappa shape index (κ1) is 10.4. The summed E-state index contributed by atoms with van der Waals surface area (Å²) in [5.74, 6) is 0. The predicted molar refractivity (Wildman–Crippen MR) is 62.4 cm³/mol. The molecule has 0 spiro atoms. The Bertz CT molecular complexity index is 501. The highest BCUT2D eigenvalue weighted by Gasteiger charge is 2.06. The third-order valence-electron chi connectivity index (χ3n) is 2.34. The maximum absolute atomic E-state index is 11.1. The number of fused-ring (bicyclic) bond motifs is 1. The van der Waals surface area contributed by atoms with E-state index in [0.29, 0.717) is 6.54 Å². The largest absolute Gasteiger partial charge is 0.414 e. The van der Waals surface area contributed by atoms with E-state index in [4.69, 9.17) is 10.2 Å². The molecule has 15 heavy (non-hydrogen) atoms. The van der Waals surface area contributed by atoms with Crippen LogP contribution in [0.1, 0.15) is 18.4 Å². The van der Waals surface area contributed by atoms with Gasteiger partial charge in [-0.3, -0.25) is 0 Å². The zero-order valence-corrected chi connectivity index (χ0v) is 9.18. The summed E-state index contributed by atoms with van der Waals surface area (Å²) in [4.78, 5) is 10.9. The molecule has 0 unspecified atom stereocenters. The van der Waals surface area contributed by atoms with Crippen molar-refractivity contribution in [1.82, 2.24) is 0 Å². The monoisotopic (exact) mass is 223 g/mol. The maximum atomic E-state index is 11.1. The van der Waals surface area contributed by atoms with Crippen LogP contribution in [0.2, 0.25) is 0 Å². The van der Waals surface area contributed by atoms with Gasteiger partial charge in [-0.2, -0.15) is 0 Å². The topological polar surface area (TPSA) is 56.2 Å². The minimum atomic E-state index is -0.226. The zero-order valence-electron chi connectivity index (χ0n) is 8.36. The third kappa shape index (κ3) is 2.27. The Morgan fingerprint density at radius 2 is 2.20 bits per heavy atom. The highest BCUT2D eigenvalue weighted by Crippen LogP contribution is 2.22. The van der Waals surface area contributed by atoms with Gasteiger partial charge in [-0.1, -0.05) is 23.5 Å². The quantitative estimate of drug-likeness (QED) is 0.808. The minimum Gasteiger partial charge on any atom is -0.414 e. The van der Waals surface area contributed by atoms with Crippen LogP contribution in [0.25, 0.3) is 10.3 Å². The Labute approximate surface area is 91.5 Å². The van der Waals surface area contributed by atoms with Gasteiger partial charge < -0.3 is 10.2 Å². The number of hydrogen-bond acceptors (Lipinski definition) is 4. The molecule has 3 nitrogen and oxygen atoms in total. The number of rotatable bonds is 4. The Kier molecular flexibility index (Phi) is 3.18. The maximum Gasteiger partial charge on any atom is 0.396 e. The molecule has 0 atom stereocenters. The van der Waals surface area contributed by atoms with Crippen LogP contribution in [0.4, 0.5) is 0 Å². The fraction of sp³-hybridized carbons (Fsp3) is 0.364. The summed E-state index contributed by atoms with van der Waals surface area (Å²) in [6.07, 6.45) is 2.97. The van der Waals surface area contributed by atoms with Crippen LogP contribution < -0.4 is 10.7 Å². The number of aryl methyl sites for hydroxylation is 1. The van der Waals surface area contributed by atoms with E-state index < -0.39 is 0 Å². The summed E-state index contributed by atoms with van der Waals surface area (Å²) >= 11 is 1.16. The molecule has 0 radical (unpaired) electrons. The van der Waals surface area contributed by atoms with Gasteiger partial charge in [0.1, 0.15) is 0 Å². The van der Waals surface area contributed by atoms with Gasteiger partial charge in [-0.05, 0) is 37.4 Å². The number of para-hydroxylation sites is 1. The smallest absolute Gasteiger partial charge is 0.396 e. The molecule has 0 fully saturated rings. The summed E-state index contributed by atoms with van der Waals surface area (Å²) in [6.45, 7) is 0.712. The van der Waals surface area contributed by atoms with Crippen molar-refractivity contribution in [2.75, 3.05) is 6.54 Å². The molecule has 1 aromatic heterocycles. The van der Waals surface area contributed by atoms with Crippen molar-refractivity contribution in [1.29, 1.82) is 0 Å². The second-order valence-corrected chi connectivity index (χ2v) is 4.42. The van der Waals surface area contributed by atoms with Crippen LogP contribution in [0.3, 0.4) is 0 Å². The van der Waals surface area contributed by atoms with E-state index in [2.05, 4.69) is 0 Å². The Hall–Kier alpha value is -1.13. The van der Waals surface area contributed by atoms with Gasteiger partial charge in [-0.15, -0.1) is 0 Å². The molecular formula is C11H13NO2S. The predicted octanol–water partition coefficient (Wildman–Crippen LogP) is 2.14. The van der Waals surface area contributed by atoms with Gasteiger partial charge in [0.05, 0.1) is 4.70 Å². The van der Waals surface area contributed by atoms with Gasteiger partial charge in [0.15, 0.2) is 5.58 Å². The highest BCUT2D eigenvalue weighted by atomic mass is 32.1. The van der Waals surface area contributed by atoms with Crippen molar-refractivity contribution in [3.63, 3.8) is 0 Å². The van der Waals surface area contributed by atoms with E-state index >= 15 is 0 Å². The second kappa shape index (κ2) is 4.59. The molecular weight excluding hydrogens is 210 g/mol. The molecule has 0 bridgehead atoms. The lowest BCUT2D eigenvalue weighted by Gasteiger charge is -2.00. The van der Waals surface area contributed by atoms with E-state index in [1.165, 1.54) is 0 Å². The van der Waals surface area contributed by atoms with Crippen LogP contribution in [0, 0.1) is 0 Å². The van der Waals surface area contributed by atoms with Gasteiger partial charge in [0.25, 0.3) is 0 Å². The number of hydrogen-bond donors (Lipinski definition) is 1. The molecule has 2 N–H and O–H groups in total. The lowest BCUT2D eigenvalue weighted by atomic mass is 10.1. The van der Waals surface area contributed by atoms with Crippen molar-refractivity contribution in [3.05, 3.63) is 33.5 Å². The van der Waals surface area contributed by atoms with Gasteiger partial charge >= 0.3 is 4.94 Å². The minimum absolute atomic E-state index is 0.226. The summed E-state index contributed by atoms with van der Waals surface area (Å²) in [5, 5.41) is 0. The lowest BCUT2D eigenvalue weighted by molar-refractivity contribution is 0.579. The van der Waals surface area contributed by atoms with Crippen LogP contribution >= 0.6 is 11.3 Å². The summed E-state index contributed by atoms with van der Waals surface area (Å²) in [5.41, 5.74) is 7.30. The molecule has 1 heterocycles. The lowest BCUT2D eigenvalue weighted by Crippen LogP contribution is -1.99. The first-order valence-corrected chi connectivity index (χ1v) is 5.84. The summed E-state index contributed by atoms with van der Waals surface area (Å²) in [7, 11) is 0. The van der Waals surface area contributed by atoms with Crippen molar-refractivity contribution in [2.45, 2.75) is 19.3 Å². The average molecular weight is 223 g/mol. The molecule has 0 saturated heterocycles. The number of unbranched alkanes of at least 4 members (excludes halogenated alkanes) is 1. The SMILES string of the molecule is NCCCCc1cccc2sc(=O)oc12. The van der Waals surface area contributed by atoms with Gasteiger partial charge in [0.2, 0.25) is 0 Å². The molecule has 0 aliphatic carbocycles. The van der Waals surface area contributed by atoms with Crippen molar-refractivity contribution in [3.8, 4) is 0 Å². The normalized spacial score (nSPS) is 11.0. The molecule has 80 valence electrons. The van der Waals surface area contributed by atoms with Crippen LogP contribution in [0.15, 0.2) is 27.4 Å². The Morgan fingerprint density at radius 1 is 1.33 bits per heavy atom. The Morgan fingerprint density at radius 3 is 3.00 bits per heavy atom. The van der Waals surface area contributed by atoms with E-state index in [-0.39, 0.29) is 4.94 Å². The van der Waals surface area contributed by atoms with E-state index in [0.717, 1.165) is 46.4 Å². The summed E-state index contributed by atoms with van der Waals surface area (Å²) < 4.78 is 6.10. The molecule has 0 aliphatic heterocycles. The first-order valence-electron chi connectivity index (χ1n) is 5.03. The second-order valence-electron chi connectivity index (χ2n) is 3.44. The first-order chi connectivity index (χ1) is 7.31. The van der Waals surface area contributed by atoms with E-state index in [1.807, 2.05) is 18.2 Å². The molecule has 2 aromatic rings. The van der Waals surface area contributed by atoms with Crippen LogP contribution in [0.5, 0.6) is 0 Å². The van der Waals surface area contributed by atoms with Crippen molar-refractivity contribution < 1.29 is 4.42 Å². The molecule has 1 aromatic carbocycles. The fourth-order valence-corrected chi connectivity index (χ4v) is 2.32. The highest BCUT2D eigenvalue weighted by molar-refractivity contribution is 7.16. The molecule has 0 aliphatic rings. The molecule has 0 saturated carbocycles. The summed E-state index contributed by atoms with van der Waals surface area (Å²) in [6, 6.07) is 5.89. The molecule has 0 amide bonds. The molecule has 4 heteroatoms. The van der Waals surface area contributed by atoms with Gasteiger partial charge in [0, 0.05) is 0 Å². The average Bonchev–Trinajstić information content (AvgIpc) is 2.59. The van der Waals surface area contributed by atoms with Crippen molar-refractivity contribution in [2.24, 2.45) is 5.73 Å². The number of benzene rings is 1. The van der Waals surface area contributed by atoms with Crippen LogP contribution in [-0.4, -0.2) is 6.54 Å². The van der Waals surface area contributed by atoms with E-state index in [9.17, 15) is 4.79 Å². The van der Waals surface area contributed by atoms with Crippen LogP contribution in [-0.2, 0) is 6.42 Å². The van der Waals surface area contributed by atoms with E-state index in [1.54, 1.807) is 0 Å². The third-order valence-corrected chi connectivity index (χ3v) is 3.13. The Balaban J connectivity index is 2.29. The molecule has 2 rings (SSSR count). The standard InChI is InChI=1S/C11H13NO2S/c12-7-2-1-4-8-5-3-6-9-10(8)14-11(13)15-9/h3,5-6H,1-2,4,7,12H2. The van der Waals surface area contributed by atoms with Gasteiger partial charge in [-0.25, -0.2) is 4.79 Å². The number of nitrogens with two attached hydrogens (primary N) is 1. The zero-order chi connectivity index (χ0) is 10.7.